The first-order valence-corrected chi connectivity index (χ1v) is 7.50. The standard InChI is InChI=1S/C15H23N7.HI/c16-15(20-8-3-5-13-11-17-12-22-13)21-10-4-9-19-14-6-1-2-7-18-14;/h1-2,6-7,11-12H,3-5,8-10H2,(H,17,22)(H,18,19)(H3,16,20,21);1H. The number of guanidine groups is 1. The average Bonchev–Trinajstić information content (AvgIpc) is 3.06. The largest absolute Gasteiger partial charge is 0.370 e. The Balaban J connectivity index is 0.00000264. The Kier molecular flexibility index (Phi) is 9.76. The maximum Gasteiger partial charge on any atom is 0.188 e. The molecule has 0 aromatic carbocycles. The van der Waals surface area contributed by atoms with Crippen LogP contribution in [0.4, 0.5) is 5.82 Å². The number of nitrogens with two attached hydrogens (primary N) is 1. The first-order valence-electron chi connectivity index (χ1n) is 7.50. The van der Waals surface area contributed by atoms with E-state index in [0.717, 1.165) is 43.9 Å². The van der Waals surface area contributed by atoms with Crippen molar-refractivity contribution < 1.29 is 0 Å². The first-order chi connectivity index (χ1) is 10.8. The number of hydrogen-bond acceptors (Lipinski definition) is 4. The lowest BCUT2D eigenvalue weighted by Gasteiger charge is -2.06. The van der Waals surface area contributed by atoms with Crippen molar-refractivity contribution in [3.8, 4) is 0 Å². The lowest BCUT2D eigenvalue weighted by atomic mass is 10.2. The van der Waals surface area contributed by atoms with Gasteiger partial charge in [0.2, 0.25) is 0 Å². The second kappa shape index (κ2) is 11.7. The highest BCUT2D eigenvalue weighted by atomic mass is 127. The molecule has 0 saturated heterocycles. The van der Waals surface area contributed by atoms with Crippen LogP contribution in [0.25, 0.3) is 0 Å². The van der Waals surface area contributed by atoms with E-state index in [9.17, 15) is 0 Å². The molecular formula is C15H24IN7. The van der Waals surface area contributed by atoms with Gasteiger partial charge in [0, 0.05) is 37.7 Å². The number of imidazole rings is 1. The van der Waals surface area contributed by atoms with E-state index in [4.69, 9.17) is 5.73 Å². The van der Waals surface area contributed by atoms with Crippen LogP contribution in [-0.2, 0) is 6.42 Å². The van der Waals surface area contributed by atoms with Gasteiger partial charge >= 0.3 is 0 Å². The summed E-state index contributed by atoms with van der Waals surface area (Å²) >= 11 is 0. The van der Waals surface area contributed by atoms with Crippen molar-refractivity contribution >= 4 is 35.8 Å². The number of nitrogens with one attached hydrogen (secondary N) is 3. The number of nitrogens with zero attached hydrogens (tertiary/aromatic N) is 3. The number of aromatic nitrogens is 3. The van der Waals surface area contributed by atoms with Gasteiger partial charge in [-0.1, -0.05) is 6.07 Å². The maximum absolute atomic E-state index is 5.81. The quantitative estimate of drug-likeness (QED) is 0.211. The van der Waals surface area contributed by atoms with Gasteiger partial charge in [-0.15, -0.1) is 24.0 Å². The van der Waals surface area contributed by atoms with Crippen LogP contribution in [-0.4, -0.2) is 40.5 Å². The first kappa shape index (κ1) is 19.2. The number of rotatable bonds is 9. The van der Waals surface area contributed by atoms with Crippen LogP contribution in [0.1, 0.15) is 18.5 Å². The van der Waals surface area contributed by atoms with Crippen LogP contribution in [0.5, 0.6) is 0 Å². The van der Waals surface area contributed by atoms with Crippen LogP contribution in [0, 0.1) is 0 Å². The fourth-order valence-corrected chi connectivity index (χ4v) is 1.93. The van der Waals surface area contributed by atoms with E-state index in [1.165, 1.54) is 0 Å². The SMILES string of the molecule is I.NC(=NCCCNc1ccccn1)NCCCc1cnc[nH]1. The topological polar surface area (TPSA) is 104 Å². The summed E-state index contributed by atoms with van der Waals surface area (Å²) in [6, 6.07) is 5.80. The monoisotopic (exact) mass is 429 g/mol. The molecule has 5 N–H and O–H groups in total. The summed E-state index contributed by atoms with van der Waals surface area (Å²) in [5.41, 5.74) is 6.95. The van der Waals surface area contributed by atoms with Crippen molar-refractivity contribution in [3.63, 3.8) is 0 Å². The molecule has 126 valence electrons. The van der Waals surface area contributed by atoms with E-state index in [1.807, 2.05) is 24.4 Å². The van der Waals surface area contributed by atoms with Crippen LogP contribution in [0.2, 0.25) is 0 Å². The minimum atomic E-state index is 0. The highest BCUT2D eigenvalue weighted by molar-refractivity contribution is 14.0. The minimum Gasteiger partial charge on any atom is -0.370 e. The lowest BCUT2D eigenvalue weighted by molar-refractivity contribution is 0.753. The summed E-state index contributed by atoms with van der Waals surface area (Å²) in [5, 5.41) is 6.35. The zero-order chi connectivity index (χ0) is 15.5. The Morgan fingerprint density at radius 3 is 2.91 bits per heavy atom. The molecule has 0 atom stereocenters. The number of halogens is 1. The smallest absolute Gasteiger partial charge is 0.188 e. The van der Waals surface area contributed by atoms with Gasteiger partial charge < -0.3 is 21.4 Å². The van der Waals surface area contributed by atoms with E-state index < -0.39 is 0 Å². The third kappa shape index (κ3) is 8.38. The predicted molar refractivity (Wildman–Crippen MR) is 104 cm³/mol. The van der Waals surface area contributed by atoms with Gasteiger partial charge in [-0.05, 0) is 31.4 Å². The minimum absolute atomic E-state index is 0. The molecule has 0 spiro atoms. The maximum atomic E-state index is 5.81. The van der Waals surface area contributed by atoms with Crippen LogP contribution in [0.15, 0.2) is 41.9 Å². The van der Waals surface area contributed by atoms with Crippen LogP contribution < -0.4 is 16.4 Å². The van der Waals surface area contributed by atoms with Crippen molar-refractivity contribution in [3.05, 3.63) is 42.6 Å². The van der Waals surface area contributed by atoms with Crippen LogP contribution in [0.3, 0.4) is 0 Å². The molecule has 2 heterocycles. The Bertz CT molecular complexity index is 542. The molecule has 0 fully saturated rings. The molecule has 8 heteroatoms. The number of hydrogen-bond donors (Lipinski definition) is 4. The van der Waals surface area contributed by atoms with Crippen molar-refractivity contribution in [2.45, 2.75) is 19.3 Å². The molecular weight excluding hydrogens is 405 g/mol. The fraction of sp³-hybridized carbons (Fsp3) is 0.400. The molecule has 0 bridgehead atoms. The van der Waals surface area contributed by atoms with Crippen molar-refractivity contribution in [2.75, 3.05) is 25.0 Å². The van der Waals surface area contributed by atoms with E-state index in [1.54, 1.807) is 12.5 Å². The molecule has 23 heavy (non-hydrogen) atoms. The number of H-pyrrole nitrogens is 1. The summed E-state index contributed by atoms with van der Waals surface area (Å²) in [6.07, 6.45) is 8.15. The molecule has 0 unspecified atom stereocenters. The molecule has 2 rings (SSSR count). The molecule has 0 aliphatic carbocycles. The average molecular weight is 429 g/mol. The second-order valence-electron chi connectivity index (χ2n) is 4.87. The summed E-state index contributed by atoms with van der Waals surface area (Å²) in [4.78, 5) is 15.5. The van der Waals surface area contributed by atoms with Gasteiger partial charge in [-0.25, -0.2) is 9.97 Å². The van der Waals surface area contributed by atoms with Crippen molar-refractivity contribution in [1.29, 1.82) is 0 Å². The van der Waals surface area contributed by atoms with Crippen LogP contribution >= 0.6 is 24.0 Å². The summed E-state index contributed by atoms with van der Waals surface area (Å²) < 4.78 is 0. The molecule has 2 aromatic rings. The molecule has 0 amide bonds. The molecule has 0 radical (unpaired) electrons. The highest BCUT2D eigenvalue weighted by Crippen LogP contribution is 1.99. The third-order valence-corrected chi connectivity index (χ3v) is 3.07. The van der Waals surface area contributed by atoms with Gasteiger partial charge in [-0.3, -0.25) is 4.99 Å². The third-order valence-electron chi connectivity index (χ3n) is 3.07. The Hall–Kier alpha value is -1.84. The number of aryl methyl sites for hydroxylation is 1. The fourth-order valence-electron chi connectivity index (χ4n) is 1.93. The molecule has 0 aliphatic heterocycles. The molecule has 0 aliphatic rings. The number of aliphatic imine (C=N–C) groups is 1. The van der Waals surface area contributed by atoms with Gasteiger partial charge in [0.25, 0.3) is 0 Å². The Morgan fingerprint density at radius 1 is 1.26 bits per heavy atom. The van der Waals surface area contributed by atoms with Gasteiger partial charge in [0.15, 0.2) is 5.96 Å². The van der Waals surface area contributed by atoms with Gasteiger partial charge in [0.05, 0.1) is 6.33 Å². The summed E-state index contributed by atoms with van der Waals surface area (Å²) in [6.45, 7) is 2.33. The van der Waals surface area contributed by atoms with E-state index in [2.05, 4.69) is 30.6 Å². The van der Waals surface area contributed by atoms with E-state index in [-0.39, 0.29) is 24.0 Å². The Morgan fingerprint density at radius 2 is 2.17 bits per heavy atom. The van der Waals surface area contributed by atoms with Gasteiger partial charge in [0.1, 0.15) is 5.82 Å². The number of pyridine rings is 1. The second-order valence-corrected chi connectivity index (χ2v) is 4.87. The molecule has 7 nitrogen and oxygen atoms in total. The Labute approximate surface area is 153 Å². The van der Waals surface area contributed by atoms with Gasteiger partial charge in [-0.2, -0.15) is 0 Å². The predicted octanol–water partition coefficient (Wildman–Crippen LogP) is 1.76. The summed E-state index contributed by atoms with van der Waals surface area (Å²) in [7, 11) is 0. The summed E-state index contributed by atoms with van der Waals surface area (Å²) in [5.74, 6) is 1.39. The highest BCUT2D eigenvalue weighted by Gasteiger charge is 1.95. The zero-order valence-corrected chi connectivity index (χ0v) is 15.4. The number of aromatic amines is 1. The van der Waals surface area contributed by atoms with E-state index in [0.29, 0.717) is 12.5 Å². The molecule has 0 saturated carbocycles. The van der Waals surface area contributed by atoms with Crippen molar-refractivity contribution in [2.24, 2.45) is 10.7 Å². The number of anilines is 1. The molecule has 2 aromatic heterocycles. The van der Waals surface area contributed by atoms with Crippen molar-refractivity contribution in [1.82, 2.24) is 20.3 Å². The zero-order valence-electron chi connectivity index (χ0n) is 13.0. The normalized spacial score (nSPS) is 10.9. The van der Waals surface area contributed by atoms with E-state index >= 15 is 0 Å². The lowest BCUT2D eigenvalue weighted by Crippen LogP contribution is -2.32.